The van der Waals surface area contributed by atoms with E-state index in [1.807, 2.05) is 0 Å². The molecule has 114 valence electrons. The van der Waals surface area contributed by atoms with Crippen LogP contribution in [0.5, 0.6) is 5.75 Å². The maximum atomic E-state index is 12.7. The van der Waals surface area contributed by atoms with Gasteiger partial charge in [0.05, 0.1) is 33.0 Å². The lowest BCUT2D eigenvalue weighted by Crippen LogP contribution is -2.53. The normalized spacial score (nSPS) is 18.2. The number of carbonyl (C=O) groups is 2. The van der Waals surface area contributed by atoms with Crippen molar-refractivity contribution in [2.75, 3.05) is 39.7 Å². The molecule has 0 aliphatic carbocycles. The topological polar surface area (TPSA) is 91.1 Å². The van der Waals surface area contributed by atoms with E-state index >= 15 is 0 Å². The molecule has 1 amide bonds. The van der Waals surface area contributed by atoms with Crippen LogP contribution < -0.4 is 10.5 Å². The molecule has 1 aliphatic rings. The third kappa shape index (κ3) is 3.08. The minimum Gasteiger partial charge on any atom is -0.496 e. The number of morpholine rings is 1. The van der Waals surface area contributed by atoms with Crippen molar-refractivity contribution in [1.82, 2.24) is 4.90 Å². The standard InChI is InChI=1S/C14H18N2O5/c1-19-12-4-3-9(15)7-10(12)13(17)16-5-6-21-8-11(16)14(18)20-2/h3-4,7,11H,5-6,8,15H2,1-2H3. The summed E-state index contributed by atoms with van der Waals surface area (Å²) in [5.41, 5.74) is 6.49. The van der Waals surface area contributed by atoms with Crippen LogP contribution in [-0.2, 0) is 14.3 Å². The highest BCUT2D eigenvalue weighted by Crippen LogP contribution is 2.24. The van der Waals surface area contributed by atoms with Crippen molar-refractivity contribution in [3.8, 4) is 5.75 Å². The van der Waals surface area contributed by atoms with Gasteiger partial charge in [-0.15, -0.1) is 0 Å². The minimum atomic E-state index is -0.762. The summed E-state index contributed by atoms with van der Waals surface area (Å²) in [7, 11) is 2.75. The zero-order valence-corrected chi connectivity index (χ0v) is 12.0. The van der Waals surface area contributed by atoms with Gasteiger partial charge >= 0.3 is 5.97 Å². The molecule has 1 aromatic carbocycles. The second kappa shape index (κ2) is 6.45. The van der Waals surface area contributed by atoms with Crippen molar-refractivity contribution >= 4 is 17.6 Å². The SMILES string of the molecule is COC(=O)C1COCCN1C(=O)c1cc(N)ccc1OC. The second-order valence-corrected chi connectivity index (χ2v) is 4.57. The fourth-order valence-electron chi connectivity index (χ4n) is 2.23. The Hall–Kier alpha value is -2.28. The van der Waals surface area contributed by atoms with Crippen LogP contribution >= 0.6 is 0 Å². The molecule has 21 heavy (non-hydrogen) atoms. The zero-order valence-electron chi connectivity index (χ0n) is 12.0. The van der Waals surface area contributed by atoms with Crippen LogP contribution in [0.4, 0.5) is 5.69 Å². The smallest absolute Gasteiger partial charge is 0.331 e. The fourth-order valence-corrected chi connectivity index (χ4v) is 2.23. The number of esters is 1. The molecule has 0 saturated carbocycles. The van der Waals surface area contributed by atoms with Crippen LogP contribution in [0.15, 0.2) is 18.2 Å². The molecular formula is C14H18N2O5. The van der Waals surface area contributed by atoms with Crippen LogP contribution in [0.2, 0.25) is 0 Å². The number of methoxy groups -OCH3 is 2. The lowest BCUT2D eigenvalue weighted by Gasteiger charge is -2.33. The molecule has 0 bridgehead atoms. The van der Waals surface area contributed by atoms with Crippen molar-refractivity contribution < 1.29 is 23.8 Å². The van der Waals surface area contributed by atoms with Gasteiger partial charge in [-0.25, -0.2) is 4.79 Å². The highest BCUT2D eigenvalue weighted by atomic mass is 16.5. The zero-order chi connectivity index (χ0) is 15.4. The molecule has 0 spiro atoms. The first-order valence-electron chi connectivity index (χ1n) is 6.48. The quantitative estimate of drug-likeness (QED) is 0.636. The molecule has 1 fully saturated rings. The number of nitrogen functional groups attached to an aromatic ring is 1. The Kier molecular flexibility index (Phi) is 4.64. The average molecular weight is 294 g/mol. The molecule has 1 atom stereocenters. The Morgan fingerprint density at radius 1 is 1.38 bits per heavy atom. The minimum absolute atomic E-state index is 0.114. The lowest BCUT2D eigenvalue weighted by atomic mass is 10.1. The van der Waals surface area contributed by atoms with E-state index in [1.165, 1.54) is 25.2 Å². The number of ether oxygens (including phenoxy) is 3. The van der Waals surface area contributed by atoms with Crippen LogP contribution in [0.25, 0.3) is 0 Å². The summed E-state index contributed by atoms with van der Waals surface area (Å²) in [6.45, 7) is 0.781. The van der Waals surface area contributed by atoms with E-state index in [1.54, 1.807) is 12.1 Å². The van der Waals surface area contributed by atoms with Gasteiger partial charge in [0.2, 0.25) is 0 Å². The Labute approximate surface area is 122 Å². The summed E-state index contributed by atoms with van der Waals surface area (Å²) in [6, 6.07) is 4.04. The van der Waals surface area contributed by atoms with Crippen LogP contribution in [0.3, 0.4) is 0 Å². The van der Waals surface area contributed by atoms with Crippen LogP contribution in [0, 0.1) is 0 Å². The maximum Gasteiger partial charge on any atom is 0.331 e. The van der Waals surface area contributed by atoms with Crippen LogP contribution in [-0.4, -0.2) is 56.8 Å². The molecule has 1 aromatic rings. The van der Waals surface area contributed by atoms with Gasteiger partial charge in [0.15, 0.2) is 6.04 Å². The average Bonchev–Trinajstić information content (AvgIpc) is 2.53. The monoisotopic (exact) mass is 294 g/mol. The van der Waals surface area contributed by atoms with Crippen molar-refractivity contribution in [2.24, 2.45) is 0 Å². The van der Waals surface area contributed by atoms with Crippen molar-refractivity contribution in [3.63, 3.8) is 0 Å². The number of rotatable bonds is 3. The first kappa shape index (κ1) is 15.1. The third-order valence-corrected chi connectivity index (χ3v) is 3.32. The van der Waals surface area contributed by atoms with Gasteiger partial charge in [-0.3, -0.25) is 4.79 Å². The molecule has 7 nitrogen and oxygen atoms in total. The van der Waals surface area contributed by atoms with E-state index in [4.69, 9.17) is 19.9 Å². The molecule has 1 saturated heterocycles. The summed E-state index contributed by atoms with van der Waals surface area (Å²) in [5.74, 6) is -0.437. The van der Waals surface area contributed by atoms with E-state index < -0.39 is 12.0 Å². The van der Waals surface area contributed by atoms with Crippen molar-refractivity contribution in [3.05, 3.63) is 23.8 Å². The van der Waals surface area contributed by atoms with Gasteiger partial charge in [0.25, 0.3) is 5.91 Å². The Bertz CT molecular complexity index is 546. The molecular weight excluding hydrogens is 276 g/mol. The van der Waals surface area contributed by atoms with Crippen LogP contribution in [0.1, 0.15) is 10.4 Å². The maximum absolute atomic E-state index is 12.7. The van der Waals surface area contributed by atoms with Gasteiger partial charge in [-0.1, -0.05) is 0 Å². The van der Waals surface area contributed by atoms with Gasteiger partial charge < -0.3 is 24.8 Å². The Morgan fingerprint density at radius 3 is 2.81 bits per heavy atom. The second-order valence-electron chi connectivity index (χ2n) is 4.57. The summed E-state index contributed by atoms with van der Waals surface area (Å²) in [6.07, 6.45) is 0. The summed E-state index contributed by atoms with van der Waals surface area (Å²) >= 11 is 0. The number of amides is 1. The largest absolute Gasteiger partial charge is 0.496 e. The Balaban J connectivity index is 2.33. The number of nitrogens with zero attached hydrogens (tertiary/aromatic N) is 1. The van der Waals surface area contributed by atoms with Gasteiger partial charge in [0.1, 0.15) is 5.75 Å². The van der Waals surface area contributed by atoms with E-state index in [0.717, 1.165) is 0 Å². The predicted molar refractivity (Wildman–Crippen MR) is 75.1 cm³/mol. The number of benzene rings is 1. The van der Waals surface area contributed by atoms with Gasteiger partial charge in [-0.05, 0) is 18.2 Å². The molecule has 0 radical (unpaired) electrons. The highest BCUT2D eigenvalue weighted by Gasteiger charge is 2.35. The first-order chi connectivity index (χ1) is 10.1. The molecule has 0 aromatic heterocycles. The fraction of sp³-hybridized carbons (Fsp3) is 0.429. The predicted octanol–water partition coefficient (Wildman–Crippen LogP) is 0.291. The highest BCUT2D eigenvalue weighted by molar-refractivity contribution is 6.00. The molecule has 1 aliphatic heterocycles. The number of anilines is 1. The van der Waals surface area contributed by atoms with E-state index in [9.17, 15) is 9.59 Å². The lowest BCUT2D eigenvalue weighted by molar-refractivity contribution is -0.151. The molecule has 1 unspecified atom stereocenters. The summed E-state index contributed by atoms with van der Waals surface area (Å²) in [5, 5.41) is 0. The third-order valence-electron chi connectivity index (χ3n) is 3.32. The molecule has 2 rings (SSSR count). The molecule has 2 N–H and O–H groups in total. The van der Waals surface area contributed by atoms with Gasteiger partial charge in [0, 0.05) is 12.2 Å². The number of carbonyl (C=O) groups excluding carboxylic acids is 2. The van der Waals surface area contributed by atoms with E-state index in [0.29, 0.717) is 30.2 Å². The number of hydrogen-bond acceptors (Lipinski definition) is 6. The number of nitrogens with two attached hydrogens (primary N) is 1. The Morgan fingerprint density at radius 2 is 2.14 bits per heavy atom. The summed E-state index contributed by atoms with van der Waals surface area (Å²) in [4.78, 5) is 25.9. The van der Waals surface area contributed by atoms with E-state index in [2.05, 4.69) is 0 Å². The molecule has 1 heterocycles. The first-order valence-corrected chi connectivity index (χ1v) is 6.48. The summed E-state index contributed by atoms with van der Waals surface area (Å²) < 4.78 is 15.2. The number of hydrogen-bond donors (Lipinski definition) is 1. The van der Waals surface area contributed by atoms with Crippen molar-refractivity contribution in [1.29, 1.82) is 0 Å². The van der Waals surface area contributed by atoms with Gasteiger partial charge in [-0.2, -0.15) is 0 Å². The van der Waals surface area contributed by atoms with E-state index in [-0.39, 0.29) is 12.5 Å². The van der Waals surface area contributed by atoms with Crippen molar-refractivity contribution in [2.45, 2.75) is 6.04 Å². The molecule has 7 heteroatoms.